The lowest BCUT2D eigenvalue weighted by molar-refractivity contribution is 0.408. The van der Waals surface area contributed by atoms with Crippen molar-refractivity contribution in [2.45, 2.75) is 33.1 Å². The second-order valence-electron chi connectivity index (χ2n) is 4.61. The van der Waals surface area contributed by atoms with Gasteiger partial charge in [-0.1, -0.05) is 39.0 Å². The molecule has 2 unspecified atom stereocenters. The van der Waals surface area contributed by atoms with Gasteiger partial charge in [0, 0.05) is 11.6 Å². The smallest absolute Gasteiger partial charge is 0.122 e. The molecular formula is C15H23NO. The van der Waals surface area contributed by atoms with Crippen LogP contribution >= 0.6 is 0 Å². The molecule has 0 aliphatic carbocycles. The van der Waals surface area contributed by atoms with Gasteiger partial charge < -0.3 is 10.5 Å². The molecule has 2 N–H and O–H groups in total. The van der Waals surface area contributed by atoms with Gasteiger partial charge in [0.15, 0.2) is 0 Å². The molecular weight excluding hydrogens is 210 g/mol. The average Bonchev–Trinajstić information content (AvgIpc) is 2.31. The highest BCUT2D eigenvalue weighted by Gasteiger charge is 2.22. The van der Waals surface area contributed by atoms with Crippen LogP contribution in [0.15, 0.2) is 30.5 Å². The molecule has 1 rings (SSSR count). The van der Waals surface area contributed by atoms with Gasteiger partial charge in [-0.05, 0) is 30.0 Å². The Kier molecular flexibility index (Phi) is 4.62. The van der Waals surface area contributed by atoms with E-state index in [-0.39, 0.29) is 5.92 Å². The van der Waals surface area contributed by atoms with Crippen molar-refractivity contribution in [2.24, 2.45) is 11.7 Å². The van der Waals surface area contributed by atoms with Crippen molar-refractivity contribution in [1.29, 1.82) is 0 Å². The Balaban J connectivity index is 3.23. The summed E-state index contributed by atoms with van der Waals surface area (Å²) in [5.74, 6) is 1.60. The highest BCUT2D eigenvalue weighted by atomic mass is 16.5. The summed E-state index contributed by atoms with van der Waals surface area (Å²) >= 11 is 0. The van der Waals surface area contributed by atoms with Gasteiger partial charge in [-0.2, -0.15) is 0 Å². The number of benzene rings is 1. The minimum atomic E-state index is 0.204. The maximum Gasteiger partial charge on any atom is 0.122 e. The number of allylic oxidation sites excluding steroid dienone is 1. The van der Waals surface area contributed by atoms with Gasteiger partial charge in [0.05, 0.1) is 7.11 Å². The van der Waals surface area contributed by atoms with E-state index in [1.165, 1.54) is 5.56 Å². The van der Waals surface area contributed by atoms with E-state index in [1.54, 1.807) is 7.11 Å². The molecule has 94 valence electrons. The third-order valence-corrected chi connectivity index (χ3v) is 3.49. The summed E-state index contributed by atoms with van der Waals surface area (Å²) in [5.41, 5.74) is 9.09. The van der Waals surface area contributed by atoms with Gasteiger partial charge in [0.2, 0.25) is 0 Å². The molecule has 0 aliphatic heterocycles. The summed E-state index contributed by atoms with van der Waals surface area (Å²) in [5, 5.41) is 0. The fourth-order valence-electron chi connectivity index (χ4n) is 2.30. The first-order chi connectivity index (χ1) is 8.02. The Morgan fingerprint density at radius 1 is 1.47 bits per heavy atom. The Bertz CT molecular complexity index is 398. The Hall–Kier alpha value is -1.44. The third-order valence-electron chi connectivity index (χ3n) is 3.49. The minimum absolute atomic E-state index is 0.204. The SMILES string of the molecule is C=C(N)C(c1cccc(OC)c1C)C(C)CC. The lowest BCUT2D eigenvalue weighted by atomic mass is 9.81. The maximum absolute atomic E-state index is 5.97. The predicted octanol–water partition coefficient (Wildman–Crippen LogP) is 3.61. The molecule has 0 saturated carbocycles. The van der Waals surface area contributed by atoms with Gasteiger partial charge >= 0.3 is 0 Å². The lowest BCUT2D eigenvalue weighted by Gasteiger charge is -2.25. The van der Waals surface area contributed by atoms with E-state index in [1.807, 2.05) is 12.1 Å². The van der Waals surface area contributed by atoms with E-state index < -0.39 is 0 Å². The Morgan fingerprint density at radius 3 is 2.59 bits per heavy atom. The summed E-state index contributed by atoms with van der Waals surface area (Å²) < 4.78 is 5.36. The molecule has 0 heterocycles. The number of rotatable bonds is 5. The Labute approximate surface area is 104 Å². The van der Waals surface area contributed by atoms with Gasteiger partial charge in [-0.25, -0.2) is 0 Å². The van der Waals surface area contributed by atoms with Crippen molar-refractivity contribution >= 4 is 0 Å². The predicted molar refractivity (Wildman–Crippen MR) is 73.3 cm³/mol. The third kappa shape index (κ3) is 2.82. The van der Waals surface area contributed by atoms with Gasteiger partial charge in [-0.3, -0.25) is 0 Å². The van der Waals surface area contributed by atoms with Crippen LogP contribution in [0.3, 0.4) is 0 Å². The number of ether oxygens (including phenoxy) is 1. The second-order valence-corrected chi connectivity index (χ2v) is 4.61. The van der Waals surface area contributed by atoms with E-state index in [2.05, 4.69) is 33.4 Å². The van der Waals surface area contributed by atoms with E-state index in [0.29, 0.717) is 5.92 Å². The number of methoxy groups -OCH3 is 1. The van der Waals surface area contributed by atoms with E-state index in [4.69, 9.17) is 10.5 Å². The standard InChI is InChI=1S/C15H23NO/c1-6-10(2)15(12(4)16)13-8-7-9-14(17-5)11(13)3/h7-10,15H,4,6,16H2,1-3,5H3. The zero-order valence-electron chi connectivity index (χ0n) is 11.3. The molecule has 1 aromatic carbocycles. The summed E-state index contributed by atoms with van der Waals surface area (Å²) in [6.07, 6.45) is 1.08. The number of hydrogen-bond donors (Lipinski definition) is 1. The van der Waals surface area contributed by atoms with Gasteiger partial charge in [0.25, 0.3) is 0 Å². The molecule has 0 radical (unpaired) electrons. The van der Waals surface area contributed by atoms with Gasteiger partial charge in [0.1, 0.15) is 5.75 Å². The molecule has 2 atom stereocenters. The van der Waals surface area contributed by atoms with Crippen LogP contribution in [0, 0.1) is 12.8 Å². The van der Waals surface area contributed by atoms with Crippen molar-refractivity contribution in [3.8, 4) is 5.75 Å². The van der Waals surface area contributed by atoms with Crippen molar-refractivity contribution in [3.63, 3.8) is 0 Å². The van der Waals surface area contributed by atoms with E-state index in [9.17, 15) is 0 Å². The first-order valence-electron chi connectivity index (χ1n) is 6.10. The molecule has 0 fully saturated rings. The highest BCUT2D eigenvalue weighted by molar-refractivity contribution is 5.43. The topological polar surface area (TPSA) is 35.2 Å². The molecule has 2 nitrogen and oxygen atoms in total. The van der Waals surface area contributed by atoms with Crippen molar-refractivity contribution in [3.05, 3.63) is 41.6 Å². The van der Waals surface area contributed by atoms with E-state index >= 15 is 0 Å². The largest absolute Gasteiger partial charge is 0.496 e. The normalized spacial score (nSPS) is 14.1. The van der Waals surface area contributed by atoms with Crippen molar-refractivity contribution < 1.29 is 4.74 Å². The molecule has 0 amide bonds. The first kappa shape index (κ1) is 13.6. The molecule has 2 heteroatoms. The molecule has 0 saturated heterocycles. The van der Waals surface area contributed by atoms with Crippen LogP contribution in [0.2, 0.25) is 0 Å². The monoisotopic (exact) mass is 233 g/mol. The molecule has 0 bridgehead atoms. The van der Waals surface area contributed by atoms with E-state index in [0.717, 1.165) is 23.4 Å². The summed E-state index contributed by atoms with van der Waals surface area (Å²) in [6.45, 7) is 10.4. The fraction of sp³-hybridized carbons (Fsp3) is 0.467. The lowest BCUT2D eigenvalue weighted by Crippen LogP contribution is -2.17. The average molecular weight is 233 g/mol. The zero-order valence-corrected chi connectivity index (χ0v) is 11.3. The first-order valence-corrected chi connectivity index (χ1v) is 6.10. The summed E-state index contributed by atoms with van der Waals surface area (Å²) in [4.78, 5) is 0. The molecule has 0 aromatic heterocycles. The number of hydrogen-bond acceptors (Lipinski definition) is 2. The van der Waals surface area contributed by atoms with Gasteiger partial charge in [-0.15, -0.1) is 0 Å². The van der Waals surface area contributed by atoms with Crippen LogP contribution in [0.5, 0.6) is 5.75 Å². The van der Waals surface area contributed by atoms with Crippen LogP contribution in [0.4, 0.5) is 0 Å². The van der Waals surface area contributed by atoms with Crippen LogP contribution in [0.1, 0.15) is 37.3 Å². The summed E-state index contributed by atoms with van der Waals surface area (Å²) in [7, 11) is 1.70. The fourth-order valence-corrected chi connectivity index (χ4v) is 2.30. The quantitative estimate of drug-likeness (QED) is 0.843. The molecule has 17 heavy (non-hydrogen) atoms. The molecule has 0 spiro atoms. The number of nitrogens with two attached hydrogens (primary N) is 1. The van der Waals surface area contributed by atoms with Crippen molar-refractivity contribution in [1.82, 2.24) is 0 Å². The Morgan fingerprint density at radius 2 is 2.12 bits per heavy atom. The van der Waals surface area contributed by atoms with Crippen LogP contribution in [-0.4, -0.2) is 7.11 Å². The second kappa shape index (κ2) is 5.76. The van der Waals surface area contributed by atoms with Crippen molar-refractivity contribution in [2.75, 3.05) is 7.11 Å². The highest BCUT2D eigenvalue weighted by Crippen LogP contribution is 2.35. The summed E-state index contributed by atoms with van der Waals surface area (Å²) in [6, 6.07) is 6.11. The molecule has 0 aliphatic rings. The molecule has 1 aromatic rings. The maximum atomic E-state index is 5.97. The minimum Gasteiger partial charge on any atom is -0.496 e. The van der Waals surface area contributed by atoms with Crippen LogP contribution < -0.4 is 10.5 Å². The zero-order chi connectivity index (χ0) is 13.0. The van der Waals surface area contributed by atoms with Crippen LogP contribution in [-0.2, 0) is 0 Å². The van der Waals surface area contributed by atoms with Crippen LogP contribution in [0.25, 0.3) is 0 Å².